The van der Waals surface area contributed by atoms with Gasteiger partial charge in [-0.3, -0.25) is 4.79 Å². The highest BCUT2D eigenvalue weighted by molar-refractivity contribution is 5.92. The molecule has 6 heteroatoms. The molecule has 0 unspecified atom stereocenters. The van der Waals surface area contributed by atoms with Gasteiger partial charge in [0.05, 0.1) is 5.52 Å². The highest BCUT2D eigenvalue weighted by atomic mass is 16.2. The molecular formula is C23H29N5O. The van der Waals surface area contributed by atoms with Gasteiger partial charge in [0.1, 0.15) is 0 Å². The van der Waals surface area contributed by atoms with Crippen LogP contribution in [0.3, 0.4) is 0 Å². The third-order valence-electron chi connectivity index (χ3n) is 7.12. The molecule has 1 N–H and O–H groups in total. The van der Waals surface area contributed by atoms with Crippen LogP contribution in [0.4, 0.5) is 0 Å². The Kier molecular flexibility index (Phi) is 4.54. The number of hydrogen-bond acceptors (Lipinski definition) is 4. The number of aryl methyl sites for hydroxylation is 2. The van der Waals surface area contributed by atoms with E-state index in [-0.39, 0.29) is 5.91 Å². The highest BCUT2D eigenvalue weighted by Gasteiger charge is 2.37. The van der Waals surface area contributed by atoms with Gasteiger partial charge in [0, 0.05) is 42.8 Å². The van der Waals surface area contributed by atoms with Gasteiger partial charge in [-0.15, -0.1) is 0 Å². The van der Waals surface area contributed by atoms with E-state index in [0.717, 1.165) is 78.9 Å². The van der Waals surface area contributed by atoms with E-state index in [1.54, 1.807) is 0 Å². The van der Waals surface area contributed by atoms with Crippen LogP contribution in [-0.4, -0.2) is 51.6 Å². The Hall–Kier alpha value is -2.47. The Morgan fingerprint density at radius 1 is 1.17 bits per heavy atom. The molecule has 152 valence electrons. The summed E-state index contributed by atoms with van der Waals surface area (Å²) in [7, 11) is 0. The molecule has 0 aliphatic carbocycles. The van der Waals surface area contributed by atoms with Crippen molar-refractivity contribution in [1.82, 2.24) is 24.8 Å². The molecule has 0 bridgehead atoms. The van der Waals surface area contributed by atoms with Crippen LogP contribution in [-0.2, 0) is 11.2 Å². The van der Waals surface area contributed by atoms with E-state index in [1.807, 2.05) is 29.6 Å². The van der Waals surface area contributed by atoms with Gasteiger partial charge in [-0.05, 0) is 69.2 Å². The standard InChI is InChI=1S/C23H29N5O/c1-16-18(17(2)28-22(25-16)19-5-3-4-6-20(19)26-28)7-8-21(29)27-13-10-23(11-14-27)9-12-24-15-23/h3-6,24H,7-15H2,1-2H3. The molecule has 2 aromatic heterocycles. The number of piperidine rings is 1. The molecule has 3 aromatic rings. The van der Waals surface area contributed by atoms with Crippen LogP contribution in [0.15, 0.2) is 24.3 Å². The smallest absolute Gasteiger partial charge is 0.222 e. The fourth-order valence-corrected chi connectivity index (χ4v) is 5.18. The first-order valence-electron chi connectivity index (χ1n) is 10.8. The molecule has 29 heavy (non-hydrogen) atoms. The lowest BCUT2D eigenvalue weighted by molar-refractivity contribution is -0.133. The summed E-state index contributed by atoms with van der Waals surface area (Å²) < 4.78 is 1.94. The first-order valence-corrected chi connectivity index (χ1v) is 10.8. The molecule has 1 amide bonds. The number of nitrogens with one attached hydrogen (secondary N) is 1. The van der Waals surface area contributed by atoms with Crippen molar-refractivity contribution in [2.75, 3.05) is 26.2 Å². The summed E-state index contributed by atoms with van der Waals surface area (Å²) in [6.07, 6.45) is 4.80. The van der Waals surface area contributed by atoms with Gasteiger partial charge >= 0.3 is 0 Å². The lowest BCUT2D eigenvalue weighted by atomic mass is 9.78. The van der Waals surface area contributed by atoms with Crippen molar-refractivity contribution in [2.45, 2.75) is 46.0 Å². The molecule has 5 rings (SSSR count). The van der Waals surface area contributed by atoms with Gasteiger partial charge in [-0.25, -0.2) is 9.50 Å². The molecule has 2 fully saturated rings. The lowest BCUT2D eigenvalue weighted by Gasteiger charge is -2.39. The fraction of sp³-hybridized carbons (Fsp3) is 0.522. The molecule has 1 spiro atoms. The number of nitrogens with zero attached hydrogens (tertiary/aromatic N) is 4. The predicted molar refractivity (Wildman–Crippen MR) is 114 cm³/mol. The lowest BCUT2D eigenvalue weighted by Crippen LogP contribution is -2.44. The number of benzene rings is 1. The van der Waals surface area contributed by atoms with E-state index in [1.165, 1.54) is 6.42 Å². The fourth-order valence-electron chi connectivity index (χ4n) is 5.18. The van der Waals surface area contributed by atoms with Gasteiger partial charge < -0.3 is 10.2 Å². The monoisotopic (exact) mass is 391 g/mol. The number of likely N-dealkylation sites (tertiary alicyclic amines) is 1. The van der Waals surface area contributed by atoms with Crippen LogP contribution in [0.25, 0.3) is 16.6 Å². The first-order chi connectivity index (χ1) is 14.1. The minimum atomic E-state index is 0.273. The first kappa shape index (κ1) is 18.6. The number of amides is 1. The molecule has 6 nitrogen and oxygen atoms in total. The molecule has 0 radical (unpaired) electrons. The highest BCUT2D eigenvalue weighted by Crippen LogP contribution is 2.37. The Labute approximate surface area is 171 Å². The number of carbonyl (C=O) groups excluding carboxylic acids is 1. The second-order valence-electron chi connectivity index (χ2n) is 8.82. The summed E-state index contributed by atoms with van der Waals surface area (Å²) in [5, 5.41) is 9.29. The Morgan fingerprint density at radius 3 is 2.72 bits per heavy atom. The molecule has 0 atom stereocenters. The second-order valence-corrected chi connectivity index (χ2v) is 8.82. The minimum absolute atomic E-state index is 0.273. The van der Waals surface area contributed by atoms with Crippen LogP contribution in [0.2, 0.25) is 0 Å². The number of aromatic nitrogens is 3. The summed E-state index contributed by atoms with van der Waals surface area (Å²) in [5.41, 5.74) is 5.54. The van der Waals surface area contributed by atoms with Gasteiger partial charge in [0.15, 0.2) is 5.65 Å². The molecule has 2 aliphatic rings. The van der Waals surface area contributed by atoms with Crippen LogP contribution in [0, 0.1) is 19.3 Å². The molecular weight excluding hydrogens is 362 g/mol. The number of rotatable bonds is 3. The van der Waals surface area contributed by atoms with Gasteiger partial charge in [0.2, 0.25) is 5.91 Å². The van der Waals surface area contributed by atoms with Crippen LogP contribution >= 0.6 is 0 Å². The minimum Gasteiger partial charge on any atom is -0.343 e. The van der Waals surface area contributed by atoms with Crippen LogP contribution < -0.4 is 5.32 Å². The summed E-state index contributed by atoms with van der Waals surface area (Å²) in [6.45, 7) is 8.19. The van der Waals surface area contributed by atoms with E-state index in [9.17, 15) is 4.79 Å². The van der Waals surface area contributed by atoms with E-state index >= 15 is 0 Å². The maximum absolute atomic E-state index is 12.9. The third kappa shape index (κ3) is 3.19. The van der Waals surface area contributed by atoms with E-state index in [2.05, 4.69) is 23.2 Å². The molecule has 2 aliphatic heterocycles. The van der Waals surface area contributed by atoms with E-state index in [0.29, 0.717) is 11.8 Å². The Morgan fingerprint density at radius 2 is 1.97 bits per heavy atom. The zero-order valence-corrected chi connectivity index (χ0v) is 17.4. The van der Waals surface area contributed by atoms with Gasteiger partial charge in [-0.1, -0.05) is 12.1 Å². The zero-order chi connectivity index (χ0) is 20.0. The Balaban J connectivity index is 1.31. The van der Waals surface area contributed by atoms with Crippen molar-refractivity contribution in [3.05, 3.63) is 41.2 Å². The number of carbonyl (C=O) groups is 1. The quantitative estimate of drug-likeness (QED) is 0.745. The summed E-state index contributed by atoms with van der Waals surface area (Å²) in [4.78, 5) is 19.8. The van der Waals surface area contributed by atoms with Crippen molar-refractivity contribution in [3.63, 3.8) is 0 Å². The van der Waals surface area contributed by atoms with Crippen LogP contribution in [0.1, 0.15) is 42.6 Å². The van der Waals surface area contributed by atoms with Crippen molar-refractivity contribution in [1.29, 1.82) is 0 Å². The molecule has 1 aromatic carbocycles. The topological polar surface area (TPSA) is 62.5 Å². The van der Waals surface area contributed by atoms with E-state index < -0.39 is 0 Å². The number of fused-ring (bicyclic) bond motifs is 3. The van der Waals surface area contributed by atoms with Crippen molar-refractivity contribution in [2.24, 2.45) is 5.41 Å². The third-order valence-corrected chi connectivity index (χ3v) is 7.12. The van der Waals surface area contributed by atoms with E-state index in [4.69, 9.17) is 10.1 Å². The van der Waals surface area contributed by atoms with Crippen molar-refractivity contribution >= 4 is 22.5 Å². The predicted octanol–water partition coefficient (Wildman–Crippen LogP) is 3.03. The summed E-state index contributed by atoms with van der Waals surface area (Å²) in [6, 6.07) is 8.11. The zero-order valence-electron chi connectivity index (χ0n) is 17.4. The summed E-state index contributed by atoms with van der Waals surface area (Å²) in [5.74, 6) is 0.273. The average Bonchev–Trinajstić information content (AvgIpc) is 3.33. The number of hydrogen-bond donors (Lipinski definition) is 1. The molecule has 0 saturated carbocycles. The average molecular weight is 392 g/mol. The second kappa shape index (κ2) is 7.10. The summed E-state index contributed by atoms with van der Waals surface area (Å²) >= 11 is 0. The van der Waals surface area contributed by atoms with Crippen molar-refractivity contribution in [3.8, 4) is 0 Å². The largest absolute Gasteiger partial charge is 0.343 e. The van der Waals surface area contributed by atoms with Gasteiger partial charge in [0.25, 0.3) is 0 Å². The maximum Gasteiger partial charge on any atom is 0.222 e. The molecule has 2 saturated heterocycles. The van der Waals surface area contributed by atoms with Crippen molar-refractivity contribution < 1.29 is 4.79 Å². The SMILES string of the molecule is Cc1nc2c3ccccc3nn2c(C)c1CCC(=O)N1CCC2(CCNC2)CC1. The normalized spacial score (nSPS) is 18.9. The van der Waals surface area contributed by atoms with Crippen LogP contribution in [0.5, 0.6) is 0 Å². The van der Waals surface area contributed by atoms with Gasteiger partial charge in [-0.2, -0.15) is 5.10 Å². The molecule has 4 heterocycles. The maximum atomic E-state index is 12.9. The Bertz CT molecular complexity index is 1070.